The Morgan fingerprint density at radius 1 is 0.967 bits per heavy atom. The fourth-order valence-electron chi connectivity index (χ4n) is 4.09. The summed E-state index contributed by atoms with van der Waals surface area (Å²) in [5.74, 6) is 2.65. The summed E-state index contributed by atoms with van der Waals surface area (Å²) in [5.41, 5.74) is 1.57. The maximum absolute atomic E-state index is 12.4. The fourth-order valence-corrected chi connectivity index (χ4v) is 4.09. The van der Waals surface area contributed by atoms with E-state index in [-0.39, 0.29) is 5.97 Å². The SMILES string of the molecule is CCCCOc1ccc(C(=O)Oc2ccc(CCC3CCC(CC)CC3)nc2)cc1. The largest absolute Gasteiger partial charge is 0.494 e. The Morgan fingerprint density at radius 3 is 2.30 bits per heavy atom. The highest BCUT2D eigenvalue weighted by molar-refractivity contribution is 5.91. The first-order chi connectivity index (χ1) is 14.7. The molecule has 1 aliphatic rings. The van der Waals surface area contributed by atoms with E-state index in [1.54, 1.807) is 18.3 Å². The molecular weight excluding hydrogens is 374 g/mol. The highest BCUT2D eigenvalue weighted by atomic mass is 16.5. The number of ether oxygens (including phenoxy) is 2. The second-order valence-corrected chi connectivity index (χ2v) is 8.43. The van der Waals surface area contributed by atoms with Gasteiger partial charge in [0.1, 0.15) is 11.5 Å². The average molecular weight is 410 g/mol. The van der Waals surface area contributed by atoms with E-state index in [4.69, 9.17) is 9.47 Å². The number of carbonyl (C=O) groups excluding carboxylic acids is 1. The Kier molecular flexibility index (Phi) is 8.73. The molecule has 0 amide bonds. The summed E-state index contributed by atoms with van der Waals surface area (Å²) in [6.07, 6.45) is 12.8. The van der Waals surface area contributed by atoms with Crippen LogP contribution in [0.3, 0.4) is 0 Å². The van der Waals surface area contributed by atoms with E-state index < -0.39 is 0 Å². The van der Waals surface area contributed by atoms with Gasteiger partial charge < -0.3 is 9.47 Å². The molecule has 1 heterocycles. The Labute approximate surface area is 181 Å². The predicted molar refractivity (Wildman–Crippen MR) is 120 cm³/mol. The molecule has 0 spiro atoms. The number of hydrogen-bond donors (Lipinski definition) is 0. The minimum Gasteiger partial charge on any atom is -0.494 e. The van der Waals surface area contributed by atoms with Gasteiger partial charge in [-0.3, -0.25) is 4.98 Å². The number of aromatic nitrogens is 1. The van der Waals surface area contributed by atoms with E-state index in [0.717, 1.165) is 42.5 Å². The molecule has 0 aliphatic heterocycles. The first kappa shape index (κ1) is 22.3. The summed E-state index contributed by atoms with van der Waals surface area (Å²) in [7, 11) is 0. The highest BCUT2D eigenvalue weighted by Gasteiger charge is 2.19. The van der Waals surface area contributed by atoms with Crippen LogP contribution in [0.1, 0.15) is 81.3 Å². The van der Waals surface area contributed by atoms with Gasteiger partial charge in [-0.05, 0) is 67.5 Å². The van der Waals surface area contributed by atoms with Gasteiger partial charge in [0.15, 0.2) is 0 Å². The van der Waals surface area contributed by atoms with Gasteiger partial charge in [0, 0.05) is 5.69 Å². The lowest BCUT2D eigenvalue weighted by molar-refractivity contribution is 0.0734. The van der Waals surface area contributed by atoms with Gasteiger partial charge in [-0.15, -0.1) is 0 Å². The van der Waals surface area contributed by atoms with E-state index in [9.17, 15) is 4.79 Å². The van der Waals surface area contributed by atoms with Gasteiger partial charge in [0.05, 0.1) is 18.4 Å². The average Bonchev–Trinajstić information content (AvgIpc) is 2.79. The molecule has 30 heavy (non-hydrogen) atoms. The van der Waals surface area contributed by atoms with Crippen LogP contribution >= 0.6 is 0 Å². The van der Waals surface area contributed by atoms with Crippen LogP contribution in [0.2, 0.25) is 0 Å². The number of esters is 1. The van der Waals surface area contributed by atoms with E-state index in [1.807, 2.05) is 24.3 Å². The van der Waals surface area contributed by atoms with Crippen LogP contribution in [0.5, 0.6) is 11.5 Å². The van der Waals surface area contributed by atoms with Crippen LogP contribution in [-0.4, -0.2) is 17.6 Å². The van der Waals surface area contributed by atoms with Crippen molar-refractivity contribution in [3.05, 3.63) is 53.9 Å². The summed E-state index contributed by atoms with van der Waals surface area (Å²) in [6.45, 7) is 5.13. The van der Waals surface area contributed by atoms with Crippen LogP contribution in [0.25, 0.3) is 0 Å². The summed E-state index contributed by atoms with van der Waals surface area (Å²) < 4.78 is 11.1. The third-order valence-corrected chi connectivity index (χ3v) is 6.22. The maximum atomic E-state index is 12.4. The van der Waals surface area contributed by atoms with Crippen molar-refractivity contribution >= 4 is 5.97 Å². The Balaban J connectivity index is 1.44. The predicted octanol–water partition coefficient (Wildman–Crippen LogP) is 6.63. The van der Waals surface area contributed by atoms with Crippen LogP contribution in [0.15, 0.2) is 42.6 Å². The molecule has 1 aromatic carbocycles. The lowest BCUT2D eigenvalue weighted by Crippen LogP contribution is -2.14. The lowest BCUT2D eigenvalue weighted by Gasteiger charge is -2.27. The van der Waals surface area contributed by atoms with Gasteiger partial charge in [-0.25, -0.2) is 4.79 Å². The zero-order chi connectivity index (χ0) is 21.2. The third-order valence-electron chi connectivity index (χ3n) is 6.22. The van der Waals surface area contributed by atoms with Crippen LogP contribution in [-0.2, 0) is 6.42 Å². The van der Waals surface area contributed by atoms with Crippen LogP contribution < -0.4 is 9.47 Å². The number of aryl methyl sites for hydroxylation is 1. The topological polar surface area (TPSA) is 48.4 Å². The molecule has 0 saturated heterocycles. The van der Waals surface area contributed by atoms with Gasteiger partial charge in [0.25, 0.3) is 0 Å². The first-order valence-electron chi connectivity index (χ1n) is 11.6. The number of pyridine rings is 1. The maximum Gasteiger partial charge on any atom is 0.343 e. The number of nitrogens with zero attached hydrogens (tertiary/aromatic N) is 1. The molecule has 2 aromatic rings. The summed E-state index contributed by atoms with van der Waals surface area (Å²) in [4.78, 5) is 16.9. The van der Waals surface area contributed by atoms with Crippen LogP contribution in [0.4, 0.5) is 0 Å². The zero-order valence-electron chi connectivity index (χ0n) is 18.4. The summed E-state index contributed by atoms with van der Waals surface area (Å²) in [6, 6.07) is 10.9. The minimum absolute atomic E-state index is 0.377. The molecule has 0 radical (unpaired) electrons. The number of rotatable bonds is 10. The zero-order valence-corrected chi connectivity index (χ0v) is 18.4. The molecule has 0 unspecified atom stereocenters. The van der Waals surface area contributed by atoms with Crippen molar-refractivity contribution in [1.82, 2.24) is 4.98 Å². The molecule has 0 atom stereocenters. The number of carbonyl (C=O) groups is 1. The van der Waals surface area contributed by atoms with Gasteiger partial charge in [-0.2, -0.15) is 0 Å². The molecule has 1 fully saturated rings. The molecular formula is C26H35NO3. The van der Waals surface area contributed by atoms with E-state index in [0.29, 0.717) is 17.9 Å². The molecule has 4 nitrogen and oxygen atoms in total. The smallest absolute Gasteiger partial charge is 0.343 e. The number of unbranched alkanes of at least 4 members (excludes halogenated alkanes) is 1. The minimum atomic E-state index is -0.377. The Hall–Kier alpha value is -2.36. The van der Waals surface area contributed by atoms with Crippen LogP contribution in [0, 0.1) is 11.8 Å². The molecule has 4 heteroatoms. The van der Waals surface area contributed by atoms with Gasteiger partial charge in [-0.1, -0.05) is 52.4 Å². The molecule has 1 saturated carbocycles. The van der Waals surface area contributed by atoms with E-state index >= 15 is 0 Å². The van der Waals surface area contributed by atoms with Crippen molar-refractivity contribution < 1.29 is 14.3 Å². The van der Waals surface area contributed by atoms with E-state index in [1.165, 1.54) is 38.5 Å². The monoisotopic (exact) mass is 409 g/mol. The summed E-state index contributed by atoms with van der Waals surface area (Å²) in [5, 5.41) is 0. The fraction of sp³-hybridized carbons (Fsp3) is 0.538. The molecule has 0 N–H and O–H groups in total. The van der Waals surface area contributed by atoms with Crippen molar-refractivity contribution in [3.63, 3.8) is 0 Å². The molecule has 1 aliphatic carbocycles. The standard InChI is InChI=1S/C26H35NO3/c1-3-5-18-29-24-15-11-22(12-16-24)26(28)30-25-17-14-23(27-19-25)13-10-21-8-6-20(4-2)7-9-21/h11-12,14-17,19-21H,3-10,13,18H2,1-2H3. The van der Waals surface area contributed by atoms with Crippen molar-refractivity contribution in [2.24, 2.45) is 11.8 Å². The van der Waals surface area contributed by atoms with Crippen molar-refractivity contribution in [2.45, 2.75) is 71.6 Å². The molecule has 0 bridgehead atoms. The normalized spacial score (nSPS) is 18.7. The first-order valence-corrected chi connectivity index (χ1v) is 11.6. The van der Waals surface area contributed by atoms with Crippen molar-refractivity contribution in [2.75, 3.05) is 6.61 Å². The van der Waals surface area contributed by atoms with Gasteiger partial charge >= 0.3 is 5.97 Å². The highest BCUT2D eigenvalue weighted by Crippen LogP contribution is 2.33. The summed E-state index contributed by atoms with van der Waals surface area (Å²) >= 11 is 0. The molecule has 3 rings (SSSR count). The number of hydrogen-bond acceptors (Lipinski definition) is 4. The molecule has 1 aromatic heterocycles. The van der Waals surface area contributed by atoms with Crippen molar-refractivity contribution in [1.29, 1.82) is 0 Å². The second-order valence-electron chi connectivity index (χ2n) is 8.43. The lowest BCUT2D eigenvalue weighted by atomic mass is 9.79. The number of benzene rings is 1. The Bertz CT molecular complexity index is 762. The van der Waals surface area contributed by atoms with Gasteiger partial charge in [0.2, 0.25) is 0 Å². The molecule has 162 valence electrons. The Morgan fingerprint density at radius 2 is 1.67 bits per heavy atom. The van der Waals surface area contributed by atoms with Crippen molar-refractivity contribution in [3.8, 4) is 11.5 Å². The quantitative estimate of drug-likeness (QED) is 0.326. The second kappa shape index (κ2) is 11.7. The third kappa shape index (κ3) is 6.86. The van der Waals surface area contributed by atoms with E-state index in [2.05, 4.69) is 18.8 Å².